The molecule has 6 heteroatoms. The lowest BCUT2D eigenvalue weighted by Gasteiger charge is -2.18. The highest BCUT2D eigenvalue weighted by molar-refractivity contribution is 5.74. The van der Waals surface area contributed by atoms with Crippen LogP contribution in [0.25, 0.3) is 0 Å². The van der Waals surface area contributed by atoms with E-state index in [-0.39, 0.29) is 18.5 Å². The van der Waals surface area contributed by atoms with Gasteiger partial charge in [0.15, 0.2) is 0 Å². The zero-order valence-corrected chi connectivity index (χ0v) is 12.0. The third-order valence-corrected chi connectivity index (χ3v) is 3.88. The van der Waals surface area contributed by atoms with Crippen LogP contribution in [0.1, 0.15) is 18.9 Å². The largest absolute Gasteiger partial charge is 0.393 e. The molecule has 21 heavy (non-hydrogen) atoms. The van der Waals surface area contributed by atoms with E-state index in [1.165, 1.54) is 12.1 Å². The Morgan fingerprint density at radius 2 is 2.29 bits per heavy atom. The maximum absolute atomic E-state index is 13.4. The first-order valence-electron chi connectivity index (χ1n) is 7.12. The summed E-state index contributed by atoms with van der Waals surface area (Å²) >= 11 is 0. The van der Waals surface area contributed by atoms with Crippen molar-refractivity contribution < 1.29 is 18.7 Å². The maximum atomic E-state index is 13.4. The van der Waals surface area contributed by atoms with Gasteiger partial charge in [-0.15, -0.1) is 0 Å². The van der Waals surface area contributed by atoms with Gasteiger partial charge in [-0.25, -0.2) is 13.6 Å². The smallest absolute Gasteiger partial charge is 0.317 e. The van der Waals surface area contributed by atoms with Crippen molar-refractivity contribution in [3.05, 3.63) is 35.4 Å². The van der Waals surface area contributed by atoms with E-state index in [0.29, 0.717) is 25.1 Å². The third-order valence-electron chi connectivity index (χ3n) is 3.88. The van der Waals surface area contributed by atoms with Gasteiger partial charge in [0.2, 0.25) is 0 Å². The number of carbonyl (C=O) groups excluding carboxylic acids is 1. The molecular weight excluding hydrogens is 278 g/mol. The fourth-order valence-corrected chi connectivity index (χ4v) is 2.51. The van der Waals surface area contributed by atoms with Crippen LogP contribution in [0.15, 0.2) is 18.2 Å². The molecule has 1 heterocycles. The summed E-state index contributed by atoms with van der Waals surface area (Å²) in [6.45, 7) is 3.17. The van der Waals surface area contributed by atoms with Crippen molar-refractivity contribution in [1.82, 2.24) is 10.2 Å². The van der Waals surface area contributed by atoms with Crippen LogP contribution in [0.5, 0.6) is 0 Å². The van der Waals surface area contributed by atoms with Crippen molar-refractivity contribution in [2.24, 2.45) is 5.92 Å². The third kappa shape index (κ3) is 4.14. The molecule has 1 aromatic carbocycles. The number of amides is 2. The Hall–Kier alpha value is -1.69. The molecule has 116 valence electrons. The summed E-state index contributed by atoms with van der Waals surface area (Å²) in [5.74, 6) is -1.09. The van der Waals surface area contributed by atoms with Crippen LogP contribution >= 0.6 is 0 Å². The van der Waals surface area contributed by atoms with Crippen molar-refractivity contribution in [3.8, 4) is 0 Å². The van der Waals surface area contributed by atoms with Crippen molar-refractivity contribution in [3.63, 3.8) is 0 Å². The standard InChI is InChI=1S/C15H20F2N2O2/c1-10(20)12-5-7-19(9-12)15(21)18-6-4-11-2-3-13(16)8-14(11)17/h2-3,8,10,12,20H,4-7,9H2,1H3,(H,18,21)/t10-,12+/m1/s1. The van der Waals surface area contributed by atoms with Gasteiger partial charge in [0.25, 0.3) is 0 Å². The number of nitrogens with zero attached hydrogens (tertiary/aromatic N) is 1. The number of likely N-dealkylation sites (tertiary alicyclic amines) is 1. The Labute approximate surface area is 122 Å². The predicted molar refractivity (Wildman–Crippen MR) is 74.8 cm³/mol. The summed E-state index contributed by atoms with van der Waals surface area (Å²) in [5, 5.41) is 12.2. The molecule has 1 aliphatic rings. The summed E-state index contributed by atoms with van der Waals surface area (Å²) in [7, 11) is 0. The minimum Gasteiger partial charge on any atom is -0.393 e. The van der Waals surface area contributed by atoms with E-state index >= 15 is 0 Å². The Balaban J connectivity index is 1.77. The van der Waals surface area contributed by atoms with E-state index < -0.39 is 17.7 Å². The molecule has 0 radical (unpaired) electrons. The maximum Gasteiger partial charge on any atom is 0.317 e. The monoisotopic (exact) mass is 298 g/mol. The minimum absolute atomic E-state index is 0.116. The van der Waals surface area contributed by atoms with Gasteiger partial charge in [0.1, 0.15) is 11.6 Å². The van der Waals surface area contributed by atoms with Gasteiger partial charge in [-0.3, -0.25) is 0 Å². The van der Waals surface area contributed by atoms with Gasteiger partial charge in [0.05, 0.1) is 6.10 Å². The number of benzene rings is 1. The zero-order valence-electron chi connectivity index (χ0n) is 12.0. The normalized spacial score (nSPS) is 19.6. The fraction of sp³-hybridized carbons (Fsp3) is 0.533. The van der Waals surface area contributed by atoms with Crippen LogP contribution in [0.3, 0.4) is 0 Å². The van der Waals surface area contributed by atoms with Crippen molar-refractivity contribution in [2.45, 2.75) is 25.9 Å². The molecule has 0 unspecified atom stereocenters. The number of aliphatic hydroxyl groups excluding tert-OH is 1. The van der Waals surface area contributed by atoms with Crippen molar-refractivity contribution >= 4 is 6.03 Å². The first-order valence-corrected chi connectivity index (χ1v) is 7.12. The SMILES string of the molecule is C[C@@H](O)[C@H]1CCN(C(=O)NCCc2ccc(F)cc2F)C1. The van der Waals surface area contributed by atoms with Crippen LogP contribution in [-0.4, -0.2) is 41.8 Å². The average Bonchev–Trinajstić information content (AvgIpc) is 2.91. The summed E-state index contributed by atoms with van der Waals surface area (Å²) in [5.41, 5.74) is 0.375. The number of aliphatic hydroxyl groups is 1. The molecule has 2 N–H and O–H groups in total. The number of hydrogen-bond donors (Lipinski definition) is 2. The van der Waals surface area contributed by atoms with E-state index in [0.717, 1.165) is 12.5 Å². The summed E-state index contributed by atoms with van der Waals surface area (Å²) in [4.78, 5) is 13.6. The van der Waals surface area contributed by atoms with Gasteiger partial charge >= 0.3 is 6.03 Å². The van der Waals surface area contributed by atoms with Gasteiger partial charge in [-0.2, -0.15) is 0 Å². The summed E-state index contributed by atoms with van der Waals surface area (Å²) in [6.07, 6.45) is 0.680. The molecule has 4 nitrogen and oxygen atoms in total. The highest BCUT2D eigenvalue weighted by Crippen LogP contribution is 2.19. The molecule has 0 saturated carbocycles. The second-order valence-electron chi connectivity index (χ2n) is 5.45. The number of nitrogens with one attached hydrogen (secondary N) is 1. The van der Waals surface area contributed by atoms with Gasteiger partial charge < -0.3 is 15.3 Å². The van der Waals surface area contributed by atoms with Crippen LogP contribution in [0.2, 0.25) is 0 Å². The molecule has 2 amide bonds. The van der Waals surface area contributed by atoms with E-state index in [4.69, 9.17) is 0 Å². The minimum atomic E-state index is -0.610. The van der Waals surface area contributed by atoms with Gasteiger partial charge in [-0.05, 0) is 31.4 Å². The van der Waals surface area contributed by atoms with E-state index in [2.05, 4.69) is 5.32 Å². The Morgan fingerprint density at radius 1 is 1.52 bits per heavy atom. The van der Waals surface area contributed by atoms with Crippen LogP contribution in [0, 0.1) is 17.6 Å². The van der Waals surface area contributed by atoms with Crippen molar-refractivity contribution in [2.75, 3.05) is 19.6 Å². The molecule has 2 rings (SSSR count). The topological polar surface area (TPSA) is 52.6 Å². The predicted octanol–water partition coefficient (Wildman–Crippen LogP) is 1.92. The van der Waals surface area contributed by atoms with Crippen molar-refractivity contribution in [1.29, 1.82) is 0 Å². The molecule has 0 aromatic heterocycles. The molecule has 0 aliphatic carbocycles. The first kappa shape index (κ1) is 15.7. The quantitative estimate of drug-likeness (QED) is 0.892. The number of urea groups is 1. The molecule has 1 aliphatic heterocycles. The van der Waals surface area contributed by atoms with Crippen LogP contribution < -0.4 is 5.32 Å². The molecule has 1 saturated heterocycles. The first-order chi connectivity index (χ1) is 9.97. The lowest BCUT2D eigenvalue weighted by Crippen LogP contribution is -2.40. The Kier molecular flexibility index (Phi) is 5.12. The lowest BCUT2D eigenvalue weighted by atomic mass is 10.0. The second kappa shape index (κ2) is 6.85. The second-order valence-corrected chi connectivity index (χ2v) is 5.45. The number of halogens is 2. The number of rotatable bonds is 4. The highest BCUT2D eigenvalue weighted by Gasteiger charge is 2.28. The molecule has 0 bridgehead atoms. The fourth-order valence-electron chi connectivity index (χ4n) is 2.51. The Bertz CT molecular complexity index is 508. The molecular formula is C15H20F2N2O2. The zero-order chi connectivity index (χ0) is 15.4. The summed E-state index contributed by atoms with van der Waals surface area (Å²) < 4.78 is 26.2. The van der Waals surface area contributed by atoms with Crippen LogP contribution in [0.4, 0.5) is 13.6 Å². The average molecular weight is 298 g/mol. The Morgan fingerprint density at radius 3 is 2.90 bits per heavy atom. The summed E-state index contributed by atoms with van der Waals surface area (Å²) in [6, 6.07) is 3.22. The molecule has 0 spiro atoms. The van der Waals surface area contributed by atoms with E-state index in [1.807, 2.05) is 0 Å². The lowest BCUT2D eigenvalue weighted by molar-refractivity contribution is 0.129. The van der Waals surface area contributed by atoms with Gasteiger partial charge in [0, 0.05) is 31.6 Å². The van der Waals surface area contributed by atoms with Crippen LogP contribution in [-0.2, 0) is 6.42 Å². The van der Waals surface area contributed by atoms with Gasteiger partial charge in [-0.1, -0.05) is 6.07 Å². The number of carbonyl (C=O) groups is 1. The number of hydrogen-bond acceptors (Lipinski definition) is 2. The molecule has 1 aromatic rings. The molecule has 2 atom stereocenters. The molecule has 1 fully saturated rings. The van der Waals surface area contributed by atoms with E-state index in [1.54, 1.807) is 11.8 Å². The van der Waals surface area contributed by atoms with E-state index in [9.17, 15) is 18.7 Å². The highest BCUT2D eigenvalue weighted by atomic mass is 19.1.